The van der Waals surface area contributed by atoms with E-state index in [4.69, 9.17) is 0 Å². The minimum Gasteiger partial charge on any atom is -0.335 e. The average Bonchev–Trinajstić information content (AvgIpc) is 2.59. The van der Waals surface area contributed by atoms with Gasteiger partial charge >= 0.3 is 6.03 Å². The second-order valence-corrected chi connectivity index (χ2v) is 6.31. The summed E-state index contributed by atoms with van der Waals surface area (Å²) in [5.41, 5.74) is 1.03. The molecular weight excluding hydrogens is 324 g/mol. The molecule has 1 aromatic carbocycles. The molecule has 3 rings (SSSR count). The van der Waals surface area contributed by atoms with E-state index in [1.807, 2.05) is 0 Å². The SMILES string of the molecule is CC(=O)c1cccc(NC(=O)N2CCN3C(=O)CN(C)C(=O)C3C2)c1. The summed E-state index contributed by atoms with van der Waals surface area (Å²) in [4.78, 5) is 52.7. The number of piperazine rings is 2. The van der Waals surface area contributed by atoms with E-state index in [0.717, 1.165) is 0 Å². The van der Waals surface area contributed by atoms with Gasteiger partial charge in [0.05, 0.1) is 13.1 Å². The zero-order valence-electron chi connectivity index (χ0n) is 14.2. The maximum absolute atomic E-state index is 12.5. The van der Waals surface area contributed by atoms with Crippen molar-refractivity contribution in [2.75, 3.05) is 38.5 Å². The molecule has 2 saturated heterocycles. The van der Waals surface area contributed by atoms with Crippen LogP contribution in [0, 0.1) is 0 Å². The lowest BCUT2D eigenvalue weighted by atomic mass is 10.1. The smallest absolute Gasteiger partial charge is 0.321 e. The standard InChI is InChI=1S/C17H20N4O4/c1-11(22)12-4-3-5-13(8-12)18-17(25)20-6-7-21-14(9-20)16(24)19(2)10-15(21)23/h3-5,8,14H,6-7,9-10H2,1-2H3,(H,18,25). The highest BCUT2D eigenvalue weighted by Crippen LogP contribution is 2.18. The first-order chi connectivity index (χ1) is 11.9. The average molecular weight is 344 g/mol. The van der Waals surface area contributed by atoms with Gasteiger partial charge < -0.3 is 20.0 Å². The van der Waals surface area contributed by atoms with Crippen LogP contribution in [0.5, 0.6) is 0 Å². The molecule has 0 radical (unpaired) electrons. The summed E-state index contributed by atoms with van der Waals surface area (Å²) in [5, 5.41) is 2.75. The number of Topliss-reactive ketones (excluding diaryl/α,β-unsaturated/α-hetero) is 1. The number of hydrogen-bond donors (Lipinski definition) is 1. The summed E-state index contributed by atoms with van der Waals surface area (Å²) in [6, 6.07) is 5.70. The van der Waals surface area contributed by atoms with Gasteiger partial charge in [-0.15, -0.1) is 0 Å². The van der Waals surface area contributed by atoms with Gasteiger partial charge in [-0.1, -0.05) is 12.1 Å². The summed E-state index contributed by atoms with van der Waals surface area (Å²) in [6.45, 7) is 2.40. The van der Waals surface area contributed by atoms with Crippen LogP contribution in [0.3, 0.4) is 0 Å². The molecule has 0 aromatic heterocycles. The Balaban J connectivity index is 1.69. The van der Waals surface area contributed by atoms with Crippen LogP contribution in [0.25, 0.3) is 0 Å². The Kier molecular flexibility index (Phi) is 4.43. The van der Waals surface area contributed by atoms with Gasteiger partial charge in [0.15, 0.2) is 5.78 Å². The number of fused-ring (bicyclic) bond motifs is 1. The van der Waals surface area contributed by atoms with Gasteiger partial charge in [-0.05, 0) is 19.1 Å². The molecule has 1 atom stereocenters. The number of ketones is 1. The van der Waals surface area contributed by atoms with Crippen molar-refractivity contribution in [2.45, 2.75) is 13.0 Å². The monoisotopic (exact) mass is 344 g/mol. The van der Waals surface area contributed by atoms with E-state index >= 15 is 0 Å². The molecule has 0 bridgehead atoms. The highest BCUT2D eigenvalue weighted by Gasteiger charge is 2.42. The van der Waals surface area contributed by atoms with Gasteiger partial charge in [0.25, 0.3) is 0 Å². The van der Waals surface area contributed by atoms with E-state index in [1.54, 1.807) is 36.2 Å². The van der Waals surface area contributed by atoms with Crippen molar-refractivity contribution in [3.8, 4) is 0 Å². The number of likely N-dealkylation sites (N-methyl/N-ethyl adjacent to an activating group) is 1. The molecule has 8 nitrogen and oxygen atoms in total. The van der Waals surface area contributed by atoms with Crippen LogP contribution in [0.2, 0.25) is 0 Å². The molecule has 0 spiro atoms. The third-order valence-electron chi connectivity index (χ3n) is 4.54. The number of urea groups is 1. The third kappa shape index (κ3) is 3.33. The Morgan fingerprint density at radius 3 is 2.68 bits per heavy atom. The minimum atomic E-state index is -0.630. The molecule has 2 heterocycles. The van der Waals surface area contributed by atoms with E-state index in [-0.39, 0.29) is 36.7 Å². The van der Waals surface area contributed by atoms with Crippen LogP contribution in [0.15, 0.2) is 24.3 Å². The Labute approximate surface area is 145 Å². The summed E-state index contributed by atoms with van der Waals surface area (Å²) < 4.78 is 0. The molecule has 8 heteroatoms. The predicted octanol–water partition coefficient (Wildman–Crippen LogP) is 0.406. The van der Waals surface area contributed by atoms with Crippen molar-refractivity contribution in [3.63, 3.8) is 0 Å². The Hall–Kier alpha value is -2.90. The molecular formula is C17H20N4O4. The molecule has 0 saturated carbocycles. The van der Waals surface area contributed by atoms with Gasteiger partial charge in [-0.25, -0.2) is 4.79 Å². The predicted molar refractivity (Wildman–Crippen MR) is 90.2 cm³/mol. The van der Waals surface area contributed by atoms with E-state index < -0.39 is 6.04 Å². The fourth-order valence-electron chi connectivity index (χ4n) is 3.12. The molecule has 2 fully saturated rings. The number of carbonyl (C=O) groups is 4. The van der Waals surface area contributed by atoms with Crippen LogP contribution >= 0.6 is 0 Å². The molecule has 132 valence electrons. The van der Waals surface area contributed by atoms with Crippen LogP contribution < -0.4 is 5.32 Å². The lowest BCUT2D eigenvalue weighted by Crippen LogP contribution is -2.67. The van der Waals surface area contributed by atoms with Crippen molar-refractivity contribution < 1.29 is 19.2 Å². The maximum atomic E-state index is 12.5. The van der Waals surface area contributed by atoms with Gasteiger partial charge in [-0.3, -0.25) is 14.4 Å². The second kappa shape index (κ2) is 6.54. The van der Waals surface area contributed by atoms with Crippen LogP contribution in [0.1, 0.15) is 17.3 Å². The van der Waals surface area contributed by atoms with E-state index in [9.17, 15) is 19.2 Å². The maximum Gasteiger partial charge on any atom is 0.321 e. The van der Waals surface area contributed by atoms with Crippen molar-refractivity contribution >= 4 is 29.3 Å². The summed E-state index contributed by atoms with van der Waals surface area (Å²) >= 11 is 0. The number of benzene rings is 1. The molecule has 4 amide bonds. The highest BCUT2D eigenvalue weighted by atomic mass is 16.2. The Morgan fingerprint density at radius 1 is 1.20 bits per heavy atom. The molecule has 0 aliphatic carbocycles. The second-order valence-electron chi connectivity index (χ2n) is 6.31. The third-order valence-corrected chi connectivity index (χ3v) is 4.54. The minimum absolute atomic E-state index is 0.0827. The van der Waals surface area contributed by atoms with Crippen molar-refractivity contribution in [1.29, 1.82) is 0 Å². The summed E-state index contributed by atoms with van der Waals surface area (Å²) in [5.74, 6) is -0.337. The highest BCUT2D eigenvalue weighted by molar-refractivity contribution is 5.98. The topological polar surface area (TPSA) is 90.0 Å². The Bertz CT molecular complexity index is 748. The number of carbonyl (C=O) groups excluding carboxylic acids is 4. The van der Waals surface area contributed by atoms with E-state index in [1.165, 1.54) is 16.7 Å². The van der Waals surface area contributed by atoms with Crippen LogP contribution in [0.4, 0.5) is 10.5 Å². The van der Waals surface area contributed by atoms with Crippen molar-refractivity contribution in [1.82, 2.24) is 14.7 Å². The fourth-order valence-corrected chi connectivity index (χ4v) is 3.12. The lowest BCUT2D eigenvalue weighted by molar-refractivity contribution is -0.157. The number of hydrogen-bond acceptors (Lipinski definition) is 4. The summed E-state index contributed by atoms with van der Waals surface area (Å²) in [6.07, 6.45) is 0. The lowest BCUT2D eigenvalue weighted by Gasteiger charge is -2.45. The van der Waals surface area contributed by atoms with E-state index in [2.05, 4.69) is 5.32 Å². The van der Waals surface area contributed by atoms with Crippen LogP contribution in [-0.2, 0) is 9.59 Å². The number of rotatable bonds is 2. The molecule has 2 aliphatic heterocycles. The first-order valence-corrected chi connectivity index (χ1v) is 8.08. The molecule has 1 N–H and O–H groups in total. The normalized spacial score (nSPS) is 20.4. The van der Waals surface area contributed by atoms with Crippen molar-refractivity contribution in [2.24, 2.45) is 0 Å². The molecule has 2 aliphatic rings. The van der Waals surface area contributed by atoms with Gasteiger partial charge in [-0.2, -0.15) is 0 Å². The first kappa shape index (κ1) is 16.9. The molecule has 1 aromatic rings. The molecule has 1 unspecified atom stereocenters. The fraction of sp³-hybridized carbons (Fsp3) is 0.412. The quantitative estimate of drug-likeness (QED) is 0.787. The van der Waals surface area contributed by atoms with Crippen LogP contribution in [-0.4, -0.2) is 77.6 Å². The number of nitrogens with zero attached hydrogens (tertiary/aromatic N) is 3. The summed E-state index contributed by atoms with van der Waals surface area (Å²) in [7, 11) is 1.59. The molecule has 25 heavy (non-hydrogen) atoms. The largest absolute Gasteiger partial charge is 0.335 e. The van der Waals surface area contributed by atoms with Gasteiger partial charge in [0, 0.05) is 31.4 Å². The number of anilines is 1. The van der Waals surface area contributed by atoms with Crippen molar-refractivity contribution in [3.05, 3.63) is 29.8 Å². The number of nitrogens with one attached hydrogen (secondary N) is 1. The van der Waals surface area contributed by atoms with E-state index in [0.29, 0.717) is 24.3 Å². The zero-order chi connectivity index (χ0) is 18.1. The first-order valence-electron chi connectivity index (χ1n) is 8.08. The number of amides is 4. The Morgan fingerprint density at radius 2 is 1.96 bits per heavy atom. The van der Waals surface area contributed by atoms with Gasteiger partial charge in [0.2, 0.25) is 11.8 Å². The zero-order valence-corrected chi connectivity index (χ0v) is 14.2. The van der Waals surface area contributed by atoms with Gasteiger partial charge in [0.1, 0.15) is 6.04 Å².